The van der Waals surface area contributed by atoms with E-state index in [1.807, 2.05) is 36.4 Å². The number of amides is 3. The van der Waals surface area contributed by atoms with E-state index < -0.39 is 0 Å². The monoisotopic (exact) mass is 425 g/mol. The summed E-state index contributed by atoms with van der Waals surface area (Å²) in [7, 11) is 1.61. The van der Waals surface area contributed by atoms with Gasteiger partial charge in [0, 0.05) is 24.4 Å². The quantitative estimate of drug-likeness (QED) is 0.765. The Labute approximate surface area is 179 Å². The van der Waals surface area contributed by atoms with Gasteiger partial charge in [-0.05, 0) is 35.4 Å². The molecule has 4 rings (SSSR count). The van der Waals surface area contributed by atoms with Gasteiger partial charge in [0.2, 0.25) is 11.8 Å². The van der Waals surface area contributed by atoms with Crippen molar-refractivity contribution in [1.82, 2.24) is 15.1 Å². The summed E-state index contributed by atoms with van der Waals surface area (Å²) in [5.41, 5.74) is 2.42. The second kappa shape index (κ2) is 8.79. The molecule has 0 saturated carbocycles. The number of piperazine rings is 1. The van der Waals surface area contributed by atoms with Gasteiger partial charge in [-0.3, -0.25) is 14.4 Å². The molecule has 2 heterocycles. The molecular formula is C22H23N3O4S. The zero-order valence-electron chi connectivity index (χ0n) is 16.7. The van der Waals surface area contributed by atoms with Crippen molar-refractivity contribution in [2.75, 3.05) is 25.3 Å². The molecule has 0 aliphatic carbocycles. The molecule has 2 aromatic carbocycles. The highest BCUT2D eigenvalue weighted by Gasteiger charge is 2.42. The average Bonchev–Trinajstić information content (AvgIpc) is 3.27. The fourth-order valence-corrected chi connectivity index (χ4v) is 4.75. The Morgan fingerprint density at radius 2 is 1.80 bits per heavy atom. The number of rotatable bonds is 6. The number of nitrogens with zero attached hydrogens (tertiary/aromatic N) is 2. The molecule has 2 aliphatic heterocycles. The van der Waals surface area contributed by atoms with Crippen molar-refractivity contribution in [3.63, 3.8) is 0 Å². The molecule has 1 atom stereocenters. The van der Waals surface area contributed by atoms with Crippen molar-refractivity contribution >= 4 is 29.5 Å². The van der Waals surface area contributed by atoms with Crippen molar-refractivity contribution in [2.45, 2.75) is 19.1 Å². The third kappa shape index (κ3) is 4.28. The van der Waals surface area contributed by atoms with Crippen LogP contribution in [0, 0.1) is 0 Å². The second-order valence-electron chi connectivity index (χ2n) is 7.30. The van der Waals surface area contributed by atoms with Crippen molar-refractivity contribution in [1.29, 1.82) is 0 Å². The van der Waals surface area contributed by atoms with Crippen molar-refractivity contribution in [3.05, 3.63) is 65.2 Å². The summed E-state index contributed by atoms with van der Waals surface area (Å²) in [6.45, 7) is 0.901. The number of carbonyl (C=O) groups excluding carboxylic acids is 3. The molecule has 0 aromatic heterocycles. The standard InChI is InChI=1S/C22H23N3O4S/c1-29-18-8-4-15(5-9-18)10-23-21(27)17-6-2-16(3-7-17)11-24-12-20(26)25-14-30-13-19(25)22(24)28/h2-9,19H,10-14H2,1H3,(H,23,27)/t19-/m1/s1. The predicted molar refractivity (Wildman–Crippen MR) is 114 cm³/mol. The molecule has 156 valence electrons. The molecule has 0 bridgehead atoms. The van der Waals surface area contributed by atoms with Gasteiger partial charge in [0.05, 0.1) is 13.0 Å². The summed E-state index contributed by atoms with van der Waals surface area (Å²) in [4.78, 5) is 40.6. The highest BCUT2D eigenvalue weighted by atomic mass is 32.2. The van der Waals surface area contributed by atoms with Gasteiger partial charge in [-0.15, -0.1) is 11.8 Å². The van der Waals surface area contributed by atoms with Crippen molar-refractivity contribution in [3.8, 4) is 5.75 Å². The lowest BCUT2D eigenvalue weighted by Gasteiger charge is -2.35. The van der Waals surface area contributed by atoms with Crippen LogP contribution in [0.15, 0.2) is 48.5 Å². The van der Waals surface area contributed by atoms with Crippen LogP contribution in [0.1, 0.15) is 21.5 Å². The Bertz CT molecular complexity index is 946. The molecule has 2 aromatic rings. The number of carbonyl (C=O) groups is 3. The summed E-state index contributed by atoms with van der Waals surface area (Å²) in [6.07, 6.45) is 0. The SMILES string of the molecule is COc1ccc(CNC(=O)c2ccc(CN3CC(=O)N4CSC[C@@H]4C3=O)cc2)cc1. The van der Waals surface area contributed by atoms with E-state index in [1.165, 1.54) is 0 Å². The number of hydrogen-bond donors (Lipinski definition) is 1. The fraction of sp³-hybridized carbons (Fsp3) is 0.318. The average molecular weight is 426 g/mol. The van der Waals surface area contributed by atoms with Gasteiger partial charge in [0.1, 0.15) is 18.3 Å². The zero-order valence-corrected chi connectivity index (χ0v) is 17.5. The van der Waals surface area contributed by atoms with Crippen molar-refractivity contribution < 1.29 is 19.1 Å². The number of nitrogens with one attached hydrogen (secondary N) is 1. The lowest BCUT2D eigenvalue weighted by atomic mass is 10.1. The summed E-state index contributed by atoms with van der Waals surface area (Å²) < 4.78 is 5.13. The van der Waals surface area contributed by atoms with E-state index in [0.29, 0.717) is 30.3 Å². The van der Waals surface area contributed by atoms with Gasteiger partial charge in [-0.2, -0.15) is 0 Å². The minimum atomic E-state index is -0.334. The van der Waals surface area contributed by atoms with Crippen LogP contribution >= 0.6 is 11.8 Å². The first-order chi connectivity index (χ1) is 14.5. The fourth-order valence-electron chi connectivity index (χ4n) is 3.58. The first-order valence-corrected chi connectivity index (χ1v) is 10.9. The van der Waals surface area contributed by atoms with Crippen LogP contribution in [-0.2, 0) is 22.7 Å². The topological polar surface area (TPSA) is 79.0 Å². The minimum Gasteiger partial charge on any atom is -0.497 e. The number of fused-ring (bicyclic) bond motifs is 1. The summed E-state index contributed by atoms with van der Waals surface area (Å²) in [6, 6.07) is 14.3. The third-order valence-corrected chi connectivity index (χ3v) is 6.34. The maximum atomic E-state index is 12.6. The Kier molecular flexibility index (Phi) is 5.94. The highest BCUT2D eigenvalue weighted by molar-refractivity contribution is 7.99. The van der Waals surface area contributed by atoms with Crippen LogP contribution < -0.4 is 10.1 Å². The predicted octanol–water partition coefficient (Wildman–Crippen LogP) is 1.87. The zero-order chi connectivity index (χ0) is 21.1. The molecule has 7 nitrogen and oxygen atoms in total. The van der Waals surface area contributed by atoms with Crippen LogP contribution in [0.25, 0.3) is 0 Å². The number of benzene rings is 2. The molecule has 2 saturated heterocycles. The van der Waals surface area contributed by atoms with Crippen LogP contribution in [0.2, 0.25) is 0 Å². The Morgan fingerprint density at radius 3 is 2.50 bits per heavy atom. The molecular weight excluding hydrogens is 402 g/mol. The van der Waals surface area contributed by atoms with Gasteiger partial charge >= 0.3 is 0 Å². The van der Waals surface area contributed by atoms with Gasteiger partial charge in [-0.1, -0.05) is 24.3 Å². The lowest BCUT2D eigenvalue weighted by molar-refractivity contribution is -0.153. The molecule has 1 N–H and O–H groups in total. The van der Waals surface area contributed by atoms with E-state index >= 15 is 0 Å². The third-order valence-electron chi connectivity index (χ3n) is 5.33. The largest absolute Gasteiger partial charge is 0.497 e. The van der Waals surface area contributed by atoms with Crippen LogP contribution in [0.4, 0.5) is 0 Å². The highest BCUT2D eigenvalue weighted by Crippen LogP contribution is 2.26. The van der Waals surface area contributed by atoms with Gasteiger partial charge in [-0.25, -0.2) is 0 Å². The van der Waals surface area contributed by atoms with Gasteiger partial charge < -0.3 is 19.9 Å². The molecule has 8 heteroatoms. The molecule has 0 spiro atoms. The molecule has 3 amide bonds. The second-order valence-corrected chi connectivity index (χ2v) is 8.30. The number of thioether (sulfide) groups is 1. The molecule has 30 heavy (non-hydrogen) atoms. The Morgan fingerprint density at radius 1 is 1.10 bits per heavy atom. The van der Waals surface area contributed by atoms with Crippen LogP contribution in [0.5, 0.6) is 5.75 Å². The molecule has 2 aliphatic rings. The number of ether oxygens (including phenoxy) is 1. The normalized spacial score (nSPS) is 18.4. The van der Waals surface area contributed by atoms with Crippen LogP contribution in [-0.4, -0.2) is 58.8 Å². The van der Waals surface area contributed by atoms with E-state index in [-0.39, 0.29) is 30.3 Å². The Hall–Kier alpha value is -3.00. The van der Waals surface area contributed by atoms with Crippen LogP contribution in [0.3, 0.4) is 0 Å². The number of hydrogen-bond acceptors (Lipinski definition) is 5. The molecule has 0 unspecified atom stereocenters. The van der Waals surface area contributed by atoms with E-state index in [4.69, 9.17) is 4.74 Å². The number of methoxy groups -OCH3 is 1. The van der Waals surface area contributed by atoms with E-state index in [2.05, 4.69) is 5.32 Å². The van der Waals surface area contributed by atoms with Gasteiger partial charge in [0.25, 0.3) is 5.91 Å². The maximum Gasteiger partial charge on any atom is 0.251 e. The smallest absolute Gasteiger partial charge is 0.251 e. The first kappa shape index (κ1) is 20.3. The van der Waals surface area contributed by atoms with E-state index in [0.717, 1.165) is 16.9 Å². The van der Waals surface area contributed by atoms with E-state index in [1.54, 1.807) is 40.8 Å². The molecule has 0 radical (unpaired) electrons. The molecule has 2 fully saturated rings. The van der Waals surface area contributed by atoms with Crippen molar-refractivity contribution in [2.24, 2.45) is 0 Å². The van der Waals surface area contributed by atoms with Gasteiger partial charge in [0.15, 0.2) is 0 Å². The maximum absolute atomic E-state index is 12.6. The lowest BCUT2D eigenvalue weighted by Crippen LogP contribution is -2.57. The minimum absolute atomic E-state index is 0.000806. The summed E-state index contributed by atoms with van der Waals surface area (Å²) in [5, 5.41) is 2.89. The Balaban J connectivity index is 1.33. The first-order valence-electron chi connectivity index (χ1n) is 9.71. The summed E-state index contributed by atoms with van der Waals surface area (Å²) >= 11 is 1.61. The summed E-state index contributed by atoms with van der Waals surface area (Å²) in [5.74, 6) is 1.87. The van der Waals surface area contributed by atoms with E-state index in [9.17, 15) is 14.4 Å².